The van der Waals surface area contributed by atoms with Gasteiger partial charge in [-0.2, -0.15) is 9.61 Å². The van der Waals surface area contributed by atoms with E-state index in [4.69, 9.17) is 10.7 Å². The SMILES string of the molecule is CCC(C)c1cc(NC2CCC(N)CC2)n2nccc2n1. The highest BCUT2D eigenvalue weighted by atomic mass is 15.3. The largest absolute Gasteiger partial charge is 0.367 e. The summed E-state index contributed by atoms with van der Waals surface area (Å²) in [6.07, 6.45) is 7.36. The number of hydrogen-bond donors (Lipinski definition) is 2. The number of rotatable bonds is 4. The van der Waals surface area contributed by atoms with Crippen molar-refractivity contribution in [3.63, 3.8) is 0 Å². The van der Waals surface area contributed by atoms with Crippen molar-refractivity contribution in [2.75, 3.05) is 5.32 Å². The molecule has 5 nitrogen and oxygen atoms in total. The third kappa shape index (κ3) is 3.02. The van der Waals surface area contributed by atoms with Crippen LogP contribution in [-0.2, 0) is 0 Å². The first-order valence-electron chi connectivity index (χ1n) is 8.04. The van der Waals surface area contributed by atoms with Crippen LogP contribution in [0.5, 0.6) is 0 Å². The first kappa shape index (κ1) is 14.3. The Morgan fingerprint density at radius 1 is 1.38 bits per heavy atom. The van der Waals surface area contributed by atoms with Crippen molar-refractivity contribution in [1.29, 1.82) is 0 Å². The summed E-state index contributed by atoms with van der Waals surface area (Å²) in [6.45, 7) is 4.42. The van der Waals surface area contributed by atoms with E-state index in [-0.39, 0.29) is 0 Å². The molecule has 3 N–H and O–H groups in total. The molecule has 0 aromatic carbocycles. The van der Waals surface area contributed by atoms with Gasteiger partial charge in [-0.05, 0) is 38.0 Å². The zero-order chi connectivity index (χ0) is 14.8. The summed E-state index contributed by atoms with van der Waals surface area (Å²) in [4.78, 5) is 4.71. The number of nitrogens with zero attached hydrogens (tertiary/aromatic N) is 3. The summed E-state index contributed by atoms with van der Waals surface area (Å²) >= 11 is 0. The van der Waals surface area contributed by atoms with Crippen LogP contribution in [0.2, 0.25) is 0 Å². The summed E-state index contributed by atoms with van der Waals surface area (Å²) in [5, 5.41) is 8.05. The quantitative estimate of drug-likeness (QED) is 0.907. The Labute approximate surface area is 125 Å². The summed E-state index contributed by atoms with van der Waals surface area (Å²) < 4.78 is 1.90. The van der Waals surface area contributed by atoms with Gasteiger partial charge in [0.2, 0.25) is 0 Å². The van der Waals surface area contributed by atoms with E-state index in [9.17, 15) is 0 Å². The molecule has 1 atom stereocenters. The van der Waals surface area contributed by atoms with Gasteiger partial charge in [0.15, 0.2) is 5.65 Å². The Bertz CT molecular complexity index is 598. The van der Waals surface area contributed by atoms with Crippen LogP contribution in [0, 0.1) is 0 Å². The predicted molar refractivity (Wildman–Crippen MR) is 85.5 cm³/mol. The van der Waals surface area contributed by atoms with Crippen LogP contribution in [0.15, 0.2) is 18.3 Å². The molecule has 0 spiro atoms. The molecule has 1 fully saturated rings. The lowest BCUT2D eigenvalue weighted by molar-refractivity contribution is 0.410. The van der Waals surface area contributed by atoms with Crippen molar-refractivity contribution in [3.05, 3.63) is 24.0 Å². The average molecular weight is 287 g/mol. The Morgan fingerprint density at radius 2 is 2.14 bits per heavy atom. The lowest BCUT2D eigenvalue weighted by Crippen LogP contribution is -2.33. The summed E-state index contributed by atoms with van der Waals surface area (Å²) in [7, 11) is 0. The van der Waals surface area contributed by atoms with Crippen LogP contribution in [0.4, 0.5) is 5.82 Å². The molecule has 0 amide bonds. The van der Waals surface area contributed by atoms with Crippen LogP contribution in [-0.4, -0.2) is 26.7 Å². The zero-order valence-electron chi connectivity index (χ0n) is 12.9. The molecule has 1 saturated carbocycles. The molecule has 0 aliphatic heterocycles. The second kappa shape index (κ2) is 6.02. The van der Waals surface area contributed by atoms with Crippen molar-refractivity contribution in [3.8, 4) is 0 Å². The predicted octanol–water partition coefficient (Wildman–Crippen LogP) is 2.92. The van der Waals surface area contributed by atoms with Crippen molar-refractivity contribution in [2.45, 2.75) is 64.0 Å². The van der Waals surface area contributed by atoms with Gasteiger partial charge in [0.25, 0.3) is 0 Å². The molecule has 2 aromatic rings. The van der Waals surface area contributed by atoms with E-state index in [0.29, 0.717) is 18.0 Å². The van der Waals surface area contributed by atoms with E-state index >= 15 is 0 Å². The summed E-state index contributed by atoms with van der Waals surface area (Å²) in [5.74, 6) is 1.52. The molecular formula is C16H25N5. The molecule has 0 bridgehead atoms. The minimum Gasteiger partial charge on any atom is -0.367 e. The maximum atomic E-state index is 5.99. The van der Waals surface area contributed by atoms with Crippen LogP contribution in [0.3, 0.4) is 0 Å². The van der Waals surface area contributed by atoms with Crippen molar-refractivity contribution >= 4 is 11.5 Å². The maximum Gasteiger partial charge on any atom is 0.157 e. The van der Waals surface area contributed by atoms with E-state index in [0.717, 1.165) is 49.3 Å². The van der Waals surface area contributed by atoms with E-state index in [1.54, 1.807) is 0 Å². The average Bonchev–Trinajstić information content (AvgIpc) is 2.97. The maximum absolute atomic E-state index is 5.99. The Morgan fingerprint density at radius 3 is 2.86 bits per heavy atom. The van der Waals surface area contributed by atoms with E-state index in [1.165, 1.54) is 0 Å². The van der Waals surface area contributed by atoms with Gasteiger partial charge in [0, 0.05) is 29.9 Å². The van der Waals surface area contributed by atoms with Crippen LogP contribution in [0.1, 0.15) is 57.6 Å². The number of nitrogens with one attached hydrogen (secondary N) is 1. The smallest absolute Gasteiger partial charge is 0.157 e. The van der Waals surface area contributed by atoms with Crippen molar-refractivity contribution < 1.29 is 0 Å². The van der Waals surface area contributed by atoms with Gasteiger partial charge in [0.1, 0.15) is 5.82 Å². The molecular weight excluding hydrogens is 262 g/mol. The normalized spacial score (nSPS) is 24.1. The highest BCUT2D eigenvalue weighted by Gasteiger charge is 2.20. The van der Waals surface area contributed by atoms with Gasteiger partial charge >= 0.3 is 0 Å². The van der Waals surface area contributed by atoms with E-state index in [1.807, 2.05) is 16.8 Å². The van der Waals surface area contributed by atoms with Crippen molar-refractivity contribution in [2.24, 2.45) is 5.73 Å². The monoisotopic (exact) mass is 287 g/mol. The second-order valence-electron chi connectivity index (χ2n) is 6.23. The first-order valence-corrected chi connectivity index (χ1v) is 8.04. The lowest BCUT2D eigenvalue weighted by Gasteiger charge is -2.28. The topological polar surface area (TPSA) is 68.2 Å². The Hall–Kier alpha value is -1.62. The summed E-state index contributed by atoms with van der Waals surface area (Å²) in [5.41, 5.74) is 8.05. The Balaban J connectivity index is 1.87. The van der Waals surface area contributed by atoms with Gasteiger partial charge in [-0.15, -0.1) is 0 Å². The molecule has 2 heterocycles. The minimum atomic E-state index is 0.376. The van der Waals surface area contributed by atoms with Gasteiger partial charge in [0.05, 0.1) is 6.20 Å². The van der Waals surface area contributed by atoms with E-state index < -0.39 is 0 Å². The molecule has 1 aliphatic rings. The number of nitrogens with two attached hydrogens (primary N) is 1. The molecule has 3 rings (SSSR count). The first-order chi connectivity index (χ1) is 10.2. The molecule has 1 unspecified atom stereocenters. The third-order valence-corrected chi connectivity index (χ3v) is 4.62. The second-order valence-corrected chi connectivity index (χ2v) is 6.23. The number of fused-ring (bicyclic) bond motifs is 1. The fourth-order valence-electron chi connectivity index (χ4n) is 2.97. The fourth-order valence-corrected chi connectivity index (χ4v) is 2.97. The third-order valence-electron chi connectivity index (χ3n) is 4.62. The van der Waals surface area contributed by atoms with Gasteiger partial charge in [-0.25, -0.2) is 4.98 Å². The highest BCUT2D eigenvalue weighted by Crippen LogP contribution is 2.25. The van der Waals surface area contributed by atoms with E-state index in [2.05, 4.69) is 30.3 Å². The lowest BCUT2D eigenvalue weighted by atomic mass is 9.92. The molecule has 2 aromatic heterocycles. The zero-order valence-corrected chi connectivity index (χ0v) is 12.9. The summed E-state index contributed by atoms with van der Waals surface area (Å²) in [6, 6.07) is 4.99. The molecule has 0 radical (unpaired) electrons. The fraction of sp³-hybridized carbons (Fsp3) is 0.625. The molecule has 21 heavy (non-hydrogen) atoms. The molecule has 5 heteroatoms. The Kier molecular flexibility index (Phi) is 4.10. The van der Waals surface area contributed by atoms with Gasteiger partial charge in [-0.3, -0.25) is 0 Å². The van der Waals surface area contributed by atoms with Crippen LogP contribution >= 0.6 is 0 Å². The van der Waals surface area contributed by atoms with Crippen LogP contribution in [0.25, 0.3) is 5.65 Å². The number of anilines is 1. The number of aromatic nitrogens is 3. The number of hydrogen-bond acceptors (Lipinski definition) is 4. The molecule has 1 aliphatic carbocycles. The van der Waals surface area contributed by atoms with Gasteiger partial charge in [-0.1, -0.05) is 13.8 Å². The van der Waals surface area contributed by atoms with Gasteiger partial charge < -0.3 is 11.1 Å². The van der Waals surface area contributed by atoms with Crippen molar-refractivity contribution in [1.82, 2.24) is 14.6 Å². The minimum absolute atomic E-state index is 0.376. The molecule has 114 valence electrons. The standard InChI is InChI=1S/C16H25N5/c1-3-11(2)14-10-16(21-15(20-14)8-9-18-21)19-13-6-4-12(17)5-7-13/h8-13,19H,3-7,17H2,1-2H3. The molecule has 0 saturated heterocycles. The highest BCUT2D eigenvalue weighted by molar-refractivity contribution is 5.50. The van der Waals surface area contributed by atoms with Crippen LogP contribution < -0.4 is 11.1 Å².